The second kappa shape index (κ2) is 9.81. The molecule has 0 radical (unpaired) electrons. The number of halogens is 3. The van der Waals surface area contributed by atoms with Crippen LogP contribution in [-0.2, 0) is 10.0 Å². The normalized spacial score (nSPS) is 17.1. The molecular formula is C23H21BrClFN6O2S. The molecule has 12 heteroatoms. The van der Waals surface area contributed by atoms with E-state index in [1.165, 1.54) is 10.5 Å². The largest absolute Gasteiger partial charge is 0.367 e. The summed E-state index contributed by atoms with van der Waals surface area (Å²) in [5.74, 6) is -0.197. The van der Waals surface area contributed by atoms with Gasteiger partial charge in [-0.05, 0) is 43.0 Å². The molecule has 0 amide bonds. The van der Waals surface area contributed by atoms with Crippen molar-refractivity contribution in [3.63, 3.8) is 0 Å². The molecule has 0 bridgehead atoms. The van der Waals surface area contributed by atoms with E-state index in [0.29, 0.717) is 46.2 Å². The second-order valence-electron chi connectivity index (χ2n) is 8.35. The van der Waals surface area contributed by atoms with Crippen molar-refractivity contribution in [1.29, 1.82) is 0 Å². The number of H-pyrrole nitrogens is 1. The predicted octanol–water partition coefficient (Wildman–Crippen LogP) is 5.09. The van der Waals surface area contributed by atoms with Crippen LogP contribution >= 0.6 is 27.5 Å². The van der Waals surface area contributed by atoms with Gasteiger partial charge in [0.05, 0.1) is 16.1 Å². The number of rotatable bonds is 6. The number of piperidine rings is 1. The molecule has 1 saturated heterocycles. The van der Waals surface area contributed by atoms with Crippen LogP contribution in [0, 0.1) is 11.7 Å². The van der Waals surface area contributed by atoms with Gasteiger partial charge in [-0.2, -0.15) is 4.31 Å². The summed E-state index contributed by atoms with van der Waals surface area (Å²) in [5.41, 5.74) is 1.28. The van der Waals surface area contributed by atoms with Crippen molar-refractivity contribution < 1.29 is 12.8 Å². The van der Waals surface area contributed by atoms with Gasteiger partial charge in [0.15, 0.2) is 17.5 Å². The average Bonchev–Trinajstić information content (AvgIpc) is 3.27. The van der Waals surface area contributed by atoms with Gasteiger partial charge in [-0.25, -0.2) is 27.8 Å². The predicted molar refractivity (Wildman–Crippen MR) is 136 cm³/mol. The van der Waals surface area contributed by atoms with Gasteiger partial charge in [0.25, 0.3) is 0 Å². The maximum atomic E-state index is 14.5. The molecule has 35 heavy (non-hydrogen) atoms. The zero-order valence-corrected chi connectivity index (χ0v) is 21.5. The number of nitrogens with zero attached hydrogens (tertiary/aromatic N) is 4. The molecule has 8 nitrogen and oxygen atoms in total. The van der Waals surface area contributed by atoms with Crippen molar-refractivity contribution in [2.24, 2.45) is 5.92 Å². The van der Waals surface area contributed by atoms with Gasteiger partial charge in [0.1, 0.15) is 5.65 Å². The average molecular weight is 580 g/mol. The van der Waals surface area contributed by atoms with E-state index in [1.807, 2.05) is 0 Å². The number of aromatic amines is 1. The molecular weight excluding hydrogens is 559 g/mol. The molecule has 0 spiro atoms. The highest BCUT2D eigenvalue weighted by Gasteiger charge is 2.30. The molecule has 1 unspecified atom stereocenters. The van der Waals surface area contributed by atoms with Crippen LogP contribution in [0.15, 0.2) is 58.3 Å². The summed E-state index contributed by atoms with van der Waals surface area (Å²) in [6, 6.07) is 8.43. The van der Waals surface area contributed by atoms with Crippen LogP contribution in [-0.4, -0.2) is 52.3 Å². The van der Waals surface area contributed by atoms with E-state index in [9.17, 15) is 12.8 Å². The van der Waals surface area contributed by atoms with Crippen LogP contribution in [0.25, 0.3) is 22.4 Å². The van der Waals surface area contributed by atoms with Crippen molar-refractivity contribution in [2.75, 3.05) is 25.0 Å². The Morgan fingerprint density at radius 2 is 2.11 bits per heavy atom. The molecule has 3 aromatic heterocycles. The highest BCUT2D eigenvalue weighted by molar-refractivity contribution is 9.10. The Morgan fingerprint density at radius 3 is 2.94 bits per heavy atom. The van der Waals surface area contributed by atoms with Crippen molar-refractivity contribution in [3.8, 4) is 11.4 Å². The van der Waals surface area contributed by atoms with Crippen LogP contribution in [0.2, 0.25) is 5.02 Å². The van der Waals surface area contributed by atoms with E-state index in [4.69, 9.17) is 11.6 Å². The smallest absolute Gasteiger partial charge is 0.243 e. The molecule has 0 saturated carbocycles. The maximum Gasteiger partial charge on any atom is 0.243 e. The number of benzene rings is 1. The Bertz CT molecular complexity index is 1500. The summed E-state index contributed by atoms with van der Waals surface area (Å²) in [6.45, 7) is 1.17. The van der Waals surface area contributed by atoms with Crippen molar-refractivity contribution in [1.82, 2.24) is 24.2 Å². The Kier molecular flexibility index (Phi) is 6.75. The molecule has 4 heterocycles. The van der Waals surface area contributed by atoms with Gasteiger partial charge in [0.2, 0.25) is 10.0 Å². The van der Waals surface area contributed by atoms with Gasteiger partial charge in [0, 0.05) is 47.5 Å². The van der Waals surface area contributed by atoms with E-state index < -0.39 is 15.8 Å². The fourth-order valence-corrected chi connectivity index (χ4v) is 6.52. The van der Waals surface area contributed by atoms with Crippen LogP contribution in [0.3, 0.4) is 0 Å². The molecule has 0 aliphatic carbocycles. The lowest BCUT2D eigenvalue weighted by molar-refractivity contribution is 0.275. The number of hydrogen-bond acceptors (Lipinski definition) is 6. The number of sulfonamides is 1. The third-order valence-corrected chi connectivity index (χ3v) is 8.52. The fourth-order valence-electron chi connectivity index (χ4n) is 4.21. The number of fused-ring (bicyclic) bond motifs is 1. The van der Waals surface area contributed by atoms with Gasteiger partial charge < -0.3 is 10.3 Å². The van der Waals surface area contributed by atoms with Crippen molar-refractivity contribution in [2.45, 2.75) is 17.7 Å². The fraction of sp³-hybridized carbons (Fsp3) is 0.261. The third kappa shape index (κ3) is 5.04. The summed E-state index contributed by atoms with van der Waals surface area (Å²) in [4.78, 5) is 16.0. The lowest BCUT2D eigenvalue weighted by Crippen LogP contribution is -2.41. The number of aromatic nitrogens is 4. The lowest BCUT2D eigenvalue weighted by Gasteiger charge is -2.32. The monoisotopic (exact) mass is 578 g/mol. The first-order chi connectivity index (χ1) is 16.8. The number of hydrogen-bond donors (Lipinski definition) is 2. The van der Waals surface area contributed by atoms with Crippen LogP contribution in [0.5, 0.6) is 0 Å². The number of nitrogens with one attached hydrogen (secondary N) is 2. The molecule has 182 valence electrons. The maximum absolute atomic E-state index is 14.5. The third-order valence-electron chi connectivity index (χ3n) is 5.96. The Hall–Kier alpha value is -2.60. The second-order valence-corrected chi connectivity index (χ2v) is 11.6. The zero-order valence-electron chi connectivity index (χ0n) is 18.4. The van der Waals surface area contributed by atoms with E-state index in [1.54, 1.807) is 36.5 Å². The Morgan fingerprint density at radius 1 is 1.26 bits per heavy atom. The summed E-state index contributed by atoms with van der Waals surface area (Å²) in [5, 5.41) is 4.26. The van der Waals surface area contributed by atoms with Crippen molar-refractivity contribution in [3.05, 3.63) is 64.2 Å². The molecule has 2 N–H and O–H groups in total. The van der Waals surface area contributed by atoms with Gasteiger partial charge in [-0.3, -0.25) is 0 Å². The van der Waals surface area contributed by atoms with Gasteiger partial charge >= 0.3 is 0 Å². The quantitative estimate of drug-likeness (QED) is 0.330. The Balaban J connectivity index is 1.32. The Labute approximate surface area is 215 Å². The van der Waals surface area contributed by atoms with Crippen LogP contribution in [0.4, 0.5) is 10.2 Å². The first-order valence-electron chi connectivity index (χ1n) is 11.0. The summed E-state index contributed by atoms with van der Waals surface area (Å²) < 4.78 is 42.9. The number of pyridine rings is 1. The molecule has 1 aromatic carbocycles. The SMILES string of the molecule is O=S(=O)(c1cccc(Br)c1)N1CCCC(CNc2nc(-c3c[nH]c4ncc(Cl)cc34)ncc2F)C1. The van der Waals surface area contributed by atoms with Crippen LogP contribution < -0.4 is 5.32 Å². The lowest BCUT2D eigenvalue weighted by atomic mass is 10.00. The van der Waals surface area contributed by atoms with E-state index in [0.717, 1.165) is 24.4 Å². The van der Waals surface area contributed by atoms with Crippen molar-refractivity contribution >= 4 is 54.4 Å². The highest BCUT2D eigenvalue weighted by Crippen LogP contribution is 2.29. The molecule has 1 aliphatic rings. The standard InChI is InChI=1S/C23H21BrClFN6O2S/c24-15-4-1-5-17(7-15)35(33,34)32-6-2-3-14(13-32)9-27-23-20(26)12-30-22(31-23)19-11-29-21-18(19)8-16(25)10-28-21/h1,4-5,7-8,10-12,14H,2-3,6,9,13H2,(H,28,29)(H,27,30,31). The van der Waals surface area contributed by atoms with Gasteiger partial charge in [-0.15, -0.1) is 0 Å². The molecule has 1 fully saturated rings. The summed E-state index contributed by atoms with van der Waals surface area (Å²) in [6.07, 6.45) is 5.90. The number of anilines is 1. The zero-order chi connectivity index (χ0) is 24.6. The minimum atomic E-state index is -3.61. The van der Waals surface area contributed by atoms with E-state index in [2.05, 4.69) is 41.2 Å². The molecule has 1 atom stereocenters. The molecule has 1 aliphatic heterocycles. The summed E-state index contributed by atoms with van der Waals surface area (Å²) >= 11 is 9.41. The summed E-state index contributed by atoms with van der Waals surface area (Å²) in [7, 11) is -3.61. The first-order valence-corrected chi connectivity index (χ1v) is 13.6. The molecule has 4 aromatic rings. The van der Waals surface area contributed by atoms with Gasteiger partial charge in [-0.1, -0.05) is 33.6 Å². The topological polar surface area (TPSA) is 104 Å². The van der Waals surface area contributed by atoms with E-state index in [-0.39, 0.29) is 16.6 Å². The van der Waals surface area contributed by atoms with Crippen LogP contribution in [0.1, 0.15) is 12.8 Å². The van der Waals surface area contributed by atoms with E-state index >= 15 is 0 Å². The minimum Gasteiger partial charge on any atom is -0.367 e. The first kappa shape index (κ1) is 24.1. The highest BCUT2D eigenvalue weighted by atomic mass is 79.9. The minimum absolute atomic E-state index is 0.000381. The molecule has 5 rings (SSSR count).